The Morgan fingerprint density at radius 1 is 1.17 bits per heavy atom. The zero-order chi connectivity index (χ0) is 20.2. The summed E-state index contributed by atoms with van der Waals surface area (Å²) < 4.78 is 6.94. The number of thiocarbonyl (C=S) groups is 1. The van der Waals surface area contributed by atoms with Gasteiger partial charge in [0.2, 0.25) is 0 Å². The van der Waals surface area contributed by atoms with Crippen molar-refractivity contribution in [3.05, 3.63) is 78.6 Å². The molecule has 1 fully saturated rings. The van der Waals surface area contributed by atoms with Gasteiger partial charge in [-0.05, 0) is 48.6 Å². The van der Waals surface area contributed by atoms with Crippen LogP contribution in [-0.4, -0.2) is 44.2 Å². The lowest BCUT2D eigenvalue weighted by atomic mass is 10.0. The van der Waals surface area contributed by atoms with Gasteiger partial charge in [-0.25, -0.2) is 0 Å². The van der Waals surface area contributed by atoms with Gasteiger partial charge in [0.25, 0.3) is 0 Å². The van der Waals surface area contributed by atoms with Crippen LogP contribution in [0.15, 0.2) is 67.3 Å². The first-order valence-corrected chi connectivity index (χ1v) is 9.72. The molecule has 3 aromatic heterocycles. The van der Waals surface area contributed by atoms with Crippen LogP contribution in [0, 0.1) is 0 Å². The minimum Gasteiger partial charge on any atom is -0.469 e. The van der Waals surface area contributed by atoms with Crippen LogP contribution in [0.2, 0.25) is 0 Å². The maximum atomic E-state index is 11.8. The van der Waals surface area contributed by atoms with Crippen molar-refractivity contribution < 1.29 is 9.53 Å². The van der Waals surface area contributed by atoms with E-state index in [0.717, 1.165) is 17.1 Å². The van der Waals surface area contributed by atoms with Crippen LogP contribution in [0.5, 0.6) is 0 Å². The van der Waals surface area contributed by atoms with Crippen LogP contribution in [-0.2, 0) is 9.53 Å². The molecule has 0 unspecified atom stereocenters. The fourth-order valence-corrected chi connectivity index (χ4v) is 3.99. The number of hydrogen-bond donors (Lipinski definition) is 1. The summed E-state index contributed by atoms with van der Waals surface area (Å²) in [6.07, 6.45) is 7.57. The Bertz CT molecular complexity index is 993. The van der Waals surface area contributed by atoms with Crippen LogP contribution < -0.4 is 5.32 Å². The first kappa shape index (κ1) is 19.1. The van der Waals surface area contributed by atoms with E-state index in [1.165, 1.54) is 7.11 Å². The molecule has 0 spiro atoms. The van der Waals surface area contributed by atoms with Crippen molar-refractivity contribution in [3.63, 3.8) is 0 Å². The highest BCUT2D eigenvalue weighted by molar-refractivity contribution is 7.80. The monoisotopic (exact) mass is 407 g/mol. The molecule has 4 heterocycles. The summed E-state index contributed by atoms with van der Waals surface area (Å²) in [5, 5.41) is 3.99. The summed E-state index contributed by atoms with van der Waals surface area (Å²) in [6.45, 7) is 0.452. The second-order valence-electron chi connectivity index (χ2n) is 6.65. The summed E-state index contributed by atoms with van der Waals surface area (Å²) in [7, 11) is 1.39. The third-order valence-electron chi connectivity index (χ3n) is 5.01. The fraction of sp³-hybridized carbons (Fsp3) is 0.238. The summed E-state index contributed by atoms with van der Waals surface area (Å²) in [6, 6.07) is 13.5. The van der Waals surface area contributed by atoms with Gasteiger partial charge in [-0.3, -0.25) is 14.8 Å². The number of ether oxygens (including phenoxy) is 1. The molecule has 0 aromatic carbocycles. The molecule has 0 bridgehead atoms. The van der Waals surface area contributed by atoms with Gasteiger partial charge < -0.3 is 19.5 Å². The van der Waals surface area contributed by atoms with Crippen molar-refractivity contribution >= 4 is 23.3 Å². The Hall–Kier alpha value is -3.26. The predicted octanol–water partition coefficient (Wildman–Crippen LogP) is 2.80. The van der Waals surface area contributed by atoms with Gasteiger partial charge in [0.15, 0.2) is 5.11 Å². The average Bonchev–Trinajstić information content (AvgIpc) is 3.37. The molecule has 7 nitrogen and oxygen atoms in total. The van der Waals surface area contributed by atoms with Gasteiger partial charge in [0.1, 0.15) is 0 Å². The Balaban J connectivity index is 1.75. The lowest BCUT2D eigenvalue weighted by Gasteiger charge is -2.28. The molecular weight excluding hydrogens is 386 g/mol. The number of carbonyl (C=O) groups excluding carboxylic acids is 1. The molecule has 3 aromatic rings. The van der Waals surface area contributed by atoms with E-state index in [1.54, 1.807) is 18.6 Å². The van der Waals surface area contributed by atoms with Gasteiger partial charge >= 0.3 is 5.97 Å². The zero-order valence-electron chi connectivity index (χ0n) is 15.9. The first-order chi connectivity index (χ1) is 14.2. The second kappa shape index (κ2) is 8.40. The van der Waals surface area contributed by atoms with Gasteiger partial charge in [0, 0.05) is 42.7 Å². The fourth-order valence-electron chi connectivity index (χ4n) is 3.66. The van der Waals surface area contributed by atoms with Crippen molar-refractivity contribution in [2.75, 3.05) is 13.7 Å². The van der Waals surface area contributed by atoms with Gasteiger partial charge in [0.05, 0.1) is 31.3 Å². The maximum absolute atomic E-state index is 11.8. The summed E-state index contributed by atoms with van der Waals surface area (Å²) in [4.78, 5) is 22.5. The van der Waals surface area contributed by atoms with Crippen LogP contribution >= 0.6 is 12.2 Å². The standard InChI is InChI=1S/C21H21N5O2S/c1-28-18(27)9-14-26-20(19(24-21(26)29)16-5-2-3-10-23-16)17-6-4-13-25(17)15-7-11-22-12-8-15/h2-8,10-13,19-20H,9,14H2,1H3,(H,24,29)/t19-,20-/m1/s1. The van der Waals surface area contributed by atoms with Gasteiger partial charge in [-0.15, -0.1) is 0 Å². The molecule has 0 saturated carbocycles. The van der Waals surface area contributed by atoms with E-state index in [9.17, 15) is 4.79 Å². The molecule has 4 rings (SSSR count). The lowest BCUT2D eigenvalue weighted by Crippen LogP contribution is -2.32. The maximum Gasteiger partial charge on any atom is 0.307 e. The lowest BCUT2D eigenvalue weighted by molar-refractivity contribution is -0.140. The molecule has 29 heavy (non-hydrogen) atoms. The van der Waals surface area contributed by atoms with Crippen LogP contribution in [0.1, 0.15) is 29.9 Å². The number of nitrogens with zero attached hydrogens (tertiary/aromatic N) is 4. The van der Waals surface area contributed by atoms with Gasteiger partial charge in [-0.2, -0.15) is 0 Å². The average molecular weight is 407 g/mol. The number of hydrogen-bond acceptors (Lipinski definition) is 5. The topological polar surface area (TPSA) is 72.3 Å². The van der Waals surface area contributed by atoms with Gasteiger partial charge in [-0.1, -0.05) is 6.07 Å². The van der Waals surface area contributed by atoms with Crippen molar-refractivity contribution in [3.8, 4) is 5.69 Å². The molecule has 0 radical (unpaired) electrons. The SMILES string of the molecule is COC(=O)CCN1C(=S)N[C@H](c2ccccn2)[C@H]1c1cccn1-c1ccncc1. The Morgan fingerprint density at radius 2 is 2.00 bits per heavy atom. The highest BCUT2D eigenvalue weighted by atomic mass is 32.1. The minimum atomic E-state index is -0.266. The van der Waals surface area contributed by atoms with Crippen molar-refractivity contribution in [1.29, 1.82) is 0 Å². The third kappa shape index (κ3) is 3.84. The number of rotatable bonds is 6. The smallest absolute Gasteiger partial charge is 0.307 e. The van der Waals surface area contributed by atoms with Crippen molar-refractivity contribution in [2.24, 2.45) is 0 Å². The van der Waals surface area contributed by atoms with E-state index in [2.05, 4.69) is 25.9 Å². The molecular formula is C21H21N5O2S. The molecule has 0 aliphatic carbocycles. The van der Waals surface area contributed by atoms with E-state index in [4.69, 9.17) is 17.0 Å². The number of carbonyl (C=O) groups is 1. The highest BCUT2D eigenvalue weighted by Gasteiger charge is 2.41. The van der Waals surface area contributed by atoms with Crippen LogP contribution in [0.4, 0.5) is 0 Å². The summed E-state index contributed by atoms with van der Waals surface area (Å²) in [5.74, 6) is -0.266. The normalized spacial score (nSPS) is 18.5. The highest BCUT2D eigenvalue weighted by Crippen LogP contribution is 2.39. The van der Waals surface area contributed by atoms with E-state index in [1.807, 2.05) is 47.5 Å². The molecule has 8 heteroatoms. The molecule has 1 saturated heterocycles. The number of methoxy groups -OCH3 is 1. The van der Waals surface area contributed by atoms with Crippen molar-refractivity contribution in [2.45, 2.75) is 18.5 Å². The second-order valence-corrected chi connectivity index (χ2v) is 7.04. The van der Waals surface area contributed by atoms with E-state index >= 15 is 0 Å². The van der Waals surface area contributed by atoms with E-state index in [0.29, 0.717) is 11.7 Å². The molecule has 0 amide bonds. The predicted molar refractivity (Wildman–Crippen MR) is 112 cm³/mol. The molecule has 1 N–H and O–H groups in total. The number of nitrogens with one attached hydrogen (secondary N) is 1. The minimum absolute atomic E-state index is 0.134. The number of esters is 1. The summed E-state index contributed by atoms with van der Waals surface area (Å²) in [5.41, 5.74) is 2.94. The van der Waals surface area contributed by atoms with E-state index in [-0.39, 0.29) is 24.5 Å². The summed E-state index contributed by atoms with van der Waals surface area (Å²) >= 11 is 5.63. The Kier molecular flexibility index (Phi) is 5.53. The number of aromatic nitrogens is 3. The van der Waals surface area contributed by atoms with E-state index < -0.39 is 0 Å². The van der Waals surface area contributed by atoms with Crippen LogP contribution in [0.3, 0.4) is 0 Å². The first-order valence-electron chi connectivity index (χ1n) is 9.31. The molecule has 148 valence electrons. The Labute approximate surface area is 174 Å². The third-order valence-corrected chi connectivity index (χ3v) is 5.36. The van der Waals surface area contributed by atoms with Crippen molar-refractivity contribution in [1.82, 2.24) is 24.8 Å². The Morgan fingerprint density at radius 3 is 2.72 bits per heavy atom. The molecule has 2 atom stereocenters. The quantitative estimate of drug-likeness (QED) is 0.498. The molecule has 1 aliphatic rings. The largest absolute Gasteiger partial charge is 0.469 e. The molecule has 1 aliphatic heterocycles. The number of pyridine rings is 2. The van der Waals surface area contributed by atoms with Crippen LogP contribution in [0.25, 0.3) is 5.69 Å². The zero-order valence-corrected chi connectivity index (χ0v) is 16.7.